The van der Waals surface area contributed by atoms with Crippen LogP contribution in [0.5, 0.6) is 69.0 Å². The van der Waals surface area contributed by atoms with E-state index >= 15 is 19.2 Å². The topological polar surface area (TPSA) is 149 Å². The number of carbonyl (C=O) groups excluding carboxylic acids is 4. The Bertz CT molecular complexity index is 4360. The van der Waals surface area contributed by atoms with E-state index in [0.717, 1.165) is 103 Å². The molecule has 0 spiro atoms. The van der Waals surface area contributed by atoms with Crippen LogP contribution in [0.15, 0.2) is 182 Å². The van der Waals surface area contributed by atoms with Crippen molar-refractivity contribution in [2.45, 2.75) is 128 Å². The van der Waals surface area contributed by atoms with Crippen molar-refractivity contribution in [2.75, 3.05) is 36.2 Å². The molecule has 0 bridgehead atoms. The van der Waals surface area contributed by atoms with Crippen molar-refractivity contribution in [1.29, 1.82) is 0 Å². The third-order valence-corrected chi connectivity index (χ3v) is 22.0. The molecule has 11 aromatic rings. The van der Waals surface area contributed by atoms with Crippen LogP contribution in [0, 0.1) is 23.7 Å². The second kappa shape index (κ2) is 28.4. The molecular formula is C88H82N2O12. The summed E-state index contributed by atoms with van der Waals surface area (Å²) in [5, 5.41) is 3.07. The number of nitrogens with zero attached hydrogens (tertiary/aromatic N) is 2. The number of para-hydroxylation sites is 6. The molecule has 4 saturated carbocycles. The molecule has 0 aromatic heterocycles. The zero-order valence-electron chi connectivity index (χ0n) is 57.4. The molecule has 4 fully saturated rings. The standard InChI is InChI=1S/C88H82N2O12/c91-85-63-47-71(99-59-35-17-5-18-36-59)77-79-73(101-61-39-21-7-22-40-61)49-65-76-66(88(94)90(87(65)93)84-69(97-53-57-31-13-3-14-32-57)45-26-46-70(84)98-54-58-33-15-4-16-34-58)50-74(102-62-41-23-8-24-42-62)80(82(76)79)78-72(100-60-37-19-6-20-38-60)48-64(75(63)81(77)78)86(92)89(85)83-67(95-51-55-27-9-1-10-28-55)43-25-44-68(83)96-52-56-29-11-2-12-30-56/h5-8,17-26,35-50,55-58H,1-4,9-16,27-34,51-54H2. The molecule has 2 heterocycles. The Labute approximate surface area is 593 Å². The molecule has 0 atom stereocenters. The number of carbonyl (C=O) groups is 4. The fourth-order valence-electron chi connectivity index (χ4n) is 16.9. The summed E-state index contributed by atoms with van der Waals surface area (Å²) in [5.74, 6) is 2.69. The summed E-state index contributed by atoms with van der Waals surface area (Å²) in [6.07, 6.45) is 21.7. The summed E-state index contributed by atoms with van der Waals surface area (Å²) >= 11 is 0. The molecule has 14 nitrogen and oxygen atoms in total. The predicted octanol–water partition coefficient (Wildman–Crippen LogP) is 22.3. The van der Waals surface area contributed by atoms with Crippen molar-refractivity contribution in [3.8, 4) is 69.0 Å². The van der Waals surface area contributed by atoms with Crippen molar-refractivity contribution < 1.29 is 57.1 Å². The summed E-state index contributed by atoms with van der Waals surface area (Å²) < 4.78 is 56.7. The largest absolute Gasteiger partial charge is 0.491 e. The zero-order chi connectivity index (χ0) is 68.6. The van der Waals surface area contributed by atoms with Gasteiger partial charge < -0.3 is 37.9 Å². The number of imide groups is 2. The quantitative estimate of drug-likeness (QED) is 0.0361. The predicted molar refractivity (Wildman–Crippen MR) is 397 cm³/mol. The van der Waals surface area contributed by atoms with Gasteiger partial charge in [0.1, 0.15) is 80.4 Å². The lowest BCUT2D eigenvalue weighted by Crippen LogP contribution is -2.41. The van der Waals surface area contributed by atoms with Crippen LogP contribution >= 0.6 is 0 Å². The van der Waals surface area contributed by atoms with Crippen molar-refractivity contribution >= 4 is 78.1 Å². The molecule has 11 aromatic carbocycles. The third kappa shape index (κ3) is 12.4. The average molecular weight is 1360 g/mol. The van der Waals surface area contributed by atoms with Gasteiger partial charge in [-0.1, -0.05) is 162 Å². The van der Waals surface area contributed by atoms with Crippen molar-refractivity contribution in [2.24, 2.45) is 23.7 Å². The highest BCUT2D eigenvalue weighted by Crippen LogP contribution is 2.59. The van der Waals surface area contributed by atoms with Gasteiger partial charge in [0, 0.05) is 43.1 Å². The molecule has 0 N–H and O–H groups in total. The molecule has 516 valence electrons. The van der Waals surface area contributed by atoms with Crippen molar-refractivity contribution in [1.82, 2.24) is 0 Å². The number of rotatable bonds is 22. The van der Waals surface area contributed by atoms with Crippen LogP contribution in [0.1, 0.15) is 170 Å². The molecule has 2 aliphatic heterocycles. The Kier molecular flexibility index (Phi) is 18.1. The van der Waals surface area contributed by atoms with E-state index in [0.29, 0.717) is 139 Å². The number of ether oxygens (including phenoxy) is 8. The van der Waals surface area contributed by atoms with Gasteiger partial charge in [-0.15, -0.1) is 0 Å². The summed E-state index contributed by atoms with van der Waals surface area (Å²) in [4.78, 5) is 69.3. The smallest absolute Gasteiger partial charge is 0.266 e. The minimum absolute atomic E-state index is 0.152. The van der Waals surface area contributed by atoms with Crippen LogP contribution in [-0.2, 0) is 0 Å². The van der Waals surface area contributed by atoms with Crippen LogP contribution in [0.25, 0.3) is 43.1 Å². The second-order valence-corrected chi connectivity index (χ2v) is 28.7. The Morgan fingerprint density at radius 1 is 0.245 bits per heavy atom. The first-order valence-corrected chi connectivity index (χ1v) is 37.1. The second-order valence-electron chi connectivity index (χ2n) is 28.7. The number of hydrogen-bond acceptors (Lipinski definition) is 12. The third-order valence-electron chi connectivity index (χ3n) is 22.0. The first-order chi connectivity index (χ1) is 50.3. The van der Waals surface area contributed by atoms with Gasteiger partial charge in [-0.05, 0) is 172 Å². The van der Waals surface area contributed by atoms with Gasteiger partial charge >= 0.3 is 0 Å². The average Bonchev–Trinajstić information content (AvgIpc) is 0.671. The lowest BCUT2D eigenvalue weighted by Gasteiger charge is -2.34. The van der Waals surface area contributed by atoms with E-state index in [1.54, 1.807) is 24.3 Å². The fourth-order valence-corrected chi connectivity index (χ4v) is 16.9. The van der Waals surface area contributed by atoms with Crippen LogP contribution in [-0.4, -0.2) is 50.1 Å². The number of anilines is 2. The van der Waals surface area contributed by atoms with E-state index in [9.17, 15) is 0 Å². The lowest BCUT2D eigenvalue weighted by molar-refractivity contribution is 0.0874. The van der Waals surface area contributed by atoms with Crippen LogP contribution < -0.4 is 47.7 Å². The molecule has 17 rings (SSSR count). The molecule has 4 aliphatic carbocycles. The summed E-state index contributed by atoms with van der Waals surface area (Å²) in [7, 11) is 0. The summed E-state index contributed by atoms with van der Waals surface area (Å²) in [6.45, 7) is 1.61. The van der Waals surface area contributed by atoms with Gasteiger partial charge in [0.25, 0.3) is 23.6 Å². The first kappa shape index (κ1) is 64.8. The summed E-state index contributed by atoms with van der Waals surface area (Å²) in [6, 6.07) is 55.2. The molecule has 0 unspecified atom stereocenters. The van der Waals surface area contributed by atoms with Crippen LogP contribution in [0.4, 0.5) is 11.4 Å². The number of fused-ring (bicyclic) bond motifs is 2. The lowest BCUT2D eigenvalue weighted by atomic mass is 9.80. The van der Waals surface area contributed by atoms with Gasteiger partial charge in [-0.3, -0.25) is 19.2 Å². The number of benzene rings is 11. The van der Waals surface area contributed by atoms with Crippen LogP contribution in [0.2, 0.25) is 0 Å². The van der Waals surface area contributed by atoms with Gasteiger partial charge in [-0.2, -0.15) is 0 Å². The molecular weight excluding hydrogens is 1280 g/mol. The van der Waals surface area contributed by atoms with Gasteiger partial charge in [0.2, 0.25) is 0 Å². The molecule has 0 radical (unpaired) electrons. The molecule has 0 saturated heterocycles. The fraction of sp³-hybridized carbons (Fsp3) is 0.318. The molecule has 4 amide bonds. The van der Waals surface area contributed by atoms with Gasteiger partial charge in [0.15, 0.2) is 0 Å². The highest BCUT2D eigenvalue weighted by Gasteiger charge is 2.45. The SMILES string of the molecule is O=C1c2cc(Oc3ccccc3)c3c4c(Oc5ccccc5)cc5c6c(cc(Oc7ccccc7)c(c7c(Oc8ccccc8)cc(c2c37)C(=O)N1c1c(OCC2CCCCC2)cccc1OCC1CCCCC1)c64)C(=O)N(c1c(OCC2CCCCC2)cccc1OCC1CCCCC1)C5=O. The first-order valence-electron chi connectivity index (χ1n) is 37.1. The zero-order valence-corrected chi connectivity index (χ0v) is 57.4. The maximum atomic E-state index is 16.7. The maximum Gasteiger partial charge on any atom is 0.266 e. The Hall–Kier alpha value is -10.6. The summed E-state index contributed by atoms with van der Waals surface area (Å²) in [5.41, 5.74) is 1.05. The highest BCUT2D eigenvalue weighted by atomic mass is 16.5. The minimum Gasteiger partial charge on any atom is -0.491 e. The minimum atomic E-state index is -0.630. The molecule has 14 heteroatoms. The Balaban J connectivity index is 0.951. The van der Waals surface area contributed by atoms with Crippen LogP contribution in [0.3, 0.4) is 0 Å². The van der Waals surface area contributed by atoms with Crippen molar-refractivity contribution in [3.05, 3.63) is 204 Å². The van der Waals surface area contributed by atoms with Gasteiger partial charge in [-0.25, -0.2) is 9.80 Å². The highest BCUT2D eigenvalue weighted by molar-refractivity contribution is 6.48. The van der Waals surface area contributed by atoms with E-state index in [2.05, 4.69) is 0 Å². The van der Waals surface area contributed by atoms with E-state index in [4.69, 9.17) is 37.9 Å². The Morgan fingerprint density at radius 3 is 0.696 bits per heavy atom. The van der Waals surface area contributed by atoms with Crippen molar-refractivity contribution in [3.63, 3.8) is 0 Å². The Morgan fingerprint density at radius 2 is 0.471 bits per heavy atom. The molecule has 6 aliphatic rings. The van der Waals surface area contributed by atoms with E-state index in [1.165, 1.54) is 35.5 Å². The van der Waals surface area contributed by atoms with E-state index in [-0.39, 0.29) is 56.6 Å². The normalized spacial score (nSPS) is 17.1. The van der Waals surface area contributed by atoms with E-state index < -0.39 is 23.6 Å². The number of hydrogen-bond donors (Lipinski definition) is 0. The number of amides is 4. The van der Waals surface area contributed by atoms with Gasteiger partial charge in [0.05, 0.1) is 48.7 Å². The molecule has 102 heavy (non-hydrogen) atoms. The monoisotopic (exact) mass is 1360 g/mol. The maximum absolute atomic E-state index is 16.7. The van der Waals surface area contributed by atoms with E-state index in [1.807, 2.05) is 158 Å².